The number of hydrogen-bond donors (Lipinski definition) is 3. The van der Waals surface area contributed by atoms with Crippen LogP contribution in [0.1, 0.15) is 36.1 Å². The van der Waals surface area contributed by atoms with Gasteiger partial charge in [-0.1, -0.05) is 0 Å². The van der Waals surface area contributed by atoms with Gasteiger partial charge in [0, 0.05) is 36.8 Å². The van der Waals surface area contributed by atoms with Gasteiger partial charge in [0.25, 0.3) is 0 Å². The fourth-order valence-corrected chi connectivity index (χ4v) is 2.85. The van der Waals surface area contributed by atoms with Crippen molar-refractivity contribution in [2.24, 2.45) is 5.73 Å². The molecule has 0 saturated heterocycles. The van der Waals surface area contributed by atoms with Crippen molar-refractivity contribution < 1.29 is 5.11 Å². The number of aryl methyl sites for hydroxylation is 3. The molecule has 0 unspecified atom stereocenters. The van der Waals surface area contributed by atoms with Gasteiger partial charge in [-0.3, -0.25) is 0 Å². The molecule has 3 rings (SSSR count). The molecule has 1 saturated carbocycles. The number of hydrogen-bond acceptors (Lipinski definition) is 5. The monoisotopic (exact) mass is 348 g/mol. The van der Waals surface area contributed by atoms with Crippen LogP contribution >= 0.6 is 24.8 Å². The minimum Gasteiger partial charge on any atom is -0.391 e. The Kier molecular flexibility index (Phi) is 6.80. The predicted octanol–water partition coefficient (Wildman–Crippen LogP) is 0.962. The summed E-state index contributed by atoms with van der Waals surface area (Å²) in [6, 6.07) is -0.155. The van der Waals surface area contributed by atoms with Crippen LogP contribution in [-0.2, 0) is 13.0 Å². The molecule has 2 aromatic heterocycles. The summed E-state index contributed by atoms with van der Waals surface area (Å²) in [6.45, 7) is 2.64. The maximum atomic E-state index is 9.81. The minimum absolute atomic E-state index is 0. The van der Waals surface area contributed by atoms with E-state index in [0.717, 1.165) is 36.7 Å². The summed E-state index contributed by atoms with van der Waals surface area (Å²) in [6.07, 6.45) is 5.33. The van der Waals surface area contributed by atoms with Gasteiger partial charge in [-0.15, -0.1) is 24.8 Å². The topological polar surface area (TPSA) is 106 Å². The zero-order valence-corrected chi connectivity index (χ0v) is 14.0. The first-order valence-electron chi connectivity index (χ1n) is 6.95. The molecule has 124 valence electrons. The Morgan fingerprint density at radius 1 is 1.41 bits per heavy atom. The van der Waals surface area contributed by atoms with E-state index in [1.807, 2.05) is 17.8 Å². The zero-order valence-electron chi connectivity index (χ0n) is 12.3. The highest BCUT2D eigenvalue weighted by Gasteiger charge is 2.34. The van der Waals surface area contributed by atoms with E-state index in [0.29, 0.717) is 6.42 Å². The van der Waals surface area contributed by atoms with Crippen LogP contribution in [0.4, 0.5) is 0 Å². The minimum atomic E-state index is -0.432. The predicted molar refractivity (Wildman–Crippen MR) is 87.5 cm³/mol. The fourth-order valence-electron chi connectivity index (χ4n) is 2.85. The maximum absolute atomic E-state index is 9.81. The number of imidazole rings is 1. The highest BCUT2D eigenvalue weighted by atomic mass is 35.5. The second kappa shape index (κ2) is 7.92. The number of aromatic amines is 1. The fraction of sp³-hybridized carbons (Fsp3) is 0.615. The van der Waals surface area contributed by atoms with E-state index < -0.39 is 6.10 Å². The number of halogens is 2. The van der Waals surface area contributed by atoms with Crippen LogP contribution in [0.2, 0.25) is 0 Å². The summed E-state index contributed by atoms with van der Waals surface area (Å²) in [4.78, 5) is 11.6. The third-order valence-corrected chi connectivity index (χ3v) is 3.90. The maximum Gasteiger partial charge on any atom is 0.147 e. The molecule has 0 aliphatic heterocycles. The average molecular weight is 349 g/mol. The molecule has 1 aliphatic rings. The lowest BCUT2D eigenvalue weighted by molar-refractivity contribution is 0.163. The van der Waals surface area contributed by atoms with E-state index in [1.54, 1.807) is 6.33 Å². The Balaban J connectivity index is 0.00000121. The third-order valence-electron chi connectivity index (χ3n) is 3.90. The van der Waals surface area contributed by atoms with Gasteiger partial charge in [-0.05, 0) is 19.8 Å². The van der Waals surface area contributed by atoms with Crippen molar-refractivity contribution in [2.75, 3.05) is 0 Å². The zero-order chi connectivity index (χ0) is 14.1. The van der Waals surface area contributed by atoms with Gasteiger partial charge in [0.15, 0.2) is 0 Å². The molecular weight excluding hydrogens is 327 g/mol. The lowest BCUT2D eigenvalue weighted by Gasteiger charge is -2.10. The molecule has 7 nitrogen and oxygen atoms in total. The molecule has 0 aromatic carbocycles. The second-order valence-electron chi connectivity index (χ2n) is 5.47. The Bertz CT molecular complexity index is 563. The van der Waals surface area contributed by atoms with Crippen LogP contribution in [0.25, 0.3) is 0 Å². The second-order valence-corrected chi connectivity index (χ2v) is 5.47. The first-order chi connectivity index (χ1) is 9.63. The molecule has 2 aromatic rings. The van der Waals surface area contributed by atoms with Gasteiger partial charge in [0.05, 0.1) is 12.4 Å². The number of nitrogens with zero attached hydrogens (tertiary/aromatic N) is 4. The van der Waals surface area contributed by atoms with Gasteiger partial charge >= 0.3 is 0 Å². The number of nitrogens with two attached hydrogens (primary N) is 1. The van der Waals surface area contributed by atoms with Crippen molar-refractivity contribution in [3.63, 3.8) is 0 Å². The first kappa shape index (κ1) is 18.9. The van der Waals surface area contributed by atoms with Crippen molar-refractivity contribution in [1.82, 2.24) is 24.7 Å². The summed E-state index contributed by atoms with van der Waals surface area (Å²) < 4.78 is 1.94. The largest absolute Gasteiger partial charge is 0.391 e. The number of H-pyrrole nitrogens is 1. The van der Waals surface area contributed by atoms with Gasteiger partial charge in [-0.25, -0.2) is 14.6 Å². The molecular formula is C13H22Cl2N6O. The lowest BCUT2D eigenvalue weighted by atomic mass is 10.1. The van der Waals surface area contributed by atoms with Gasteiger partial charge < -0.3 is 15.8 Å². The molecule has 4 N–H and O–H groups in total. The Morgan fingerprint density at radius 2 is 2.18 bits per heavy atom. The number of aromatic nitrogens is 5. The number of nitrogens with one attached hydrogen (secondary N) is 1. The Morgan fingerprint density at radius 3 is 2.77 bits per heavy atom. The number of rotatable bonds is 4. The average Bonchev–Trinajstić information content (AvgIpc) is 3.09. The third kappa shape index (κ3) is 3.98. The highest BCUT2D eigenvalue weighted by molar-refractivity contribution is 5.85. The van der Waals surface area contributed by atoms with E-state index in [4.69, 9.17) is 5.73 Å². The molecule has 22 heavy (non-hydrogen) atoms. The molecule has 9 heteroatoms. The smallest absolute Gasteiger partial charge is 0.147 e. The van der Waals surface area contributed by atoms with Crippen LogP contribution in [0, 0.1) is 6.92 Å². The van der Waals surface area contributed by atoms with Gasteiger partial charge in [-0.2, -0.15) is 5.10 Å². The van der Waals surface area contributed by atoms with Gasteiger partial charge in [0.2, 0.25) is 0 Å². The number of aliphatic hydroxyl groups excluding tert-OH is 1. The van der Waals surface area contributed by atoms with Crippen LogP contribution in [0.3, 0.4) is 0 Å². The summed E-state index contributed by atoms with van der Waals surface area (Å²) in [5.41, 5.74) is 6.97. The van der Waals surface area contributed by atoms with E-state index >= 15 is 0 Å². The van der Waals surface area contributed by atoms with Gasteiger partial charge in [0.1, 0.15) is 11.6 Å². The summed E-state index contributed by atoms with van der Waals surface area (Å²) >= 11 is 0. The molecule has 2 heterocycles. The summed E-state index contributed by atoms with van der Waals surface area (Å²) in [5.74, 6) is 1.90. The van der Waals surface area contributed by atoms with E-state index in [1.165, 1.54) is 0 Å². The standard InChI is InChI=1S/C13H20N6O.2ClH/c1-8-17-13(9-4-11(14)12(20)5-9)19(18-8)3-2-10-6-15-7-16-10;;/h6-7,9,11-12,20H,2-5,14H2,1H3,(H,15,16);2*1H/t9-,11+,12+;;/m0../s1. The normalized spacial score (nSPS) is 23.9. The molecule has 0 spiro atoms. The Labute approximate surface area is 141 Å². The van der Waals surface area contributed by atoms with Crippen molar-refractivity contribution in [3.8, 4) is 0 Å². The van der Waals surface area contributed by atoms with Crippen LogP contribution in [0.15, 0.2) is 12.5 Å². The lowest BCUT2D eigenvalue weighted by Crippen LogP contribution is -2.28. The van der Waals surface area contributed by atoms with E-state index in [-0.39, 0.29) is 36.8 Å². The molecule has 3 atom stereocenters. The van der Waals surface area contributed by atoms with Crippen molar-refractivity contribution >= 4 is 24.8 Å². The molecule has 0 bridgehead atoms. The Hall–Kier alpha value is -1.15. The van der Waals surface area contributed by atoms with Crippen molar-refractivity contribution in [1.29, 1.82) is 0 Å². The summed E-state index contributed by atoms with van der Waals surface area (Å²) in [7, 11) is 0. The molecule has 1 fully saturated rings. The highest BCUT2D eigenvalue weighted by Crippen LogP contribution is 2.32. The van der Waals surface area contributed by atoms with Crippen molar-refractivity contribution in [3.05, 3.63) is 29.9 Å². The van der Waals surface area contributed by atoms with E-state index in [9.17, 15) is 5.11 Å². The quantitative estimate of drug-likeness (QED) is 0.762. The van der Waals surface area contributed by atoms with Crippen LogP contribution in [-0.4, -0.2) is 42.0 Å². The SMILES string of the molecule is Cc1nc([C@H]2C[C@@H](N)[C@H](O)C2)n(CCc2cnc[nH]2)n1.Cl.Cl. The summed E-state index contributed by atoms with van der Waals surface area (Å²) in [5, 5.41) is 14.3. The molecule has 0 amide bonds. The van der Waals surface area contributed by atoms with E-state index in [2.05, 4.69) is 20.1 Å². The van der Waals surface area contributed by atoms with Crippen LogP contribution < -0.4 is 5.73 Å². The first-order valence-corrected chi connectivity index (χ1v) is 6.95. The molecule has 0 radical (unpaired) electrons. The van der Waals surface area contributed by atoms with Crippen LogP contribution in [0.5, 0.6) is 0 Å². The number of aliphatic hydroxyl groups is 1. The van der Waals surface area contributed by atoms with Crippen molar-refractivity contribution in [2.45, 2.75) is 50.8 Å². The molecule has 1 aliphatic carbocycles.